The molecule has 1 aromatic carbocycles. The van der Waals surface area contributed by atoms with Crippen LogP contribution in [0.1, 0.15) is 30.3 Å². The zero-order chi connectivity index (χ0) is 20.4. The molecule has 1 aliphatic rings. The van der Waals surface area contributed by atoms with Gasteiger partial charge in [-0.25, -0.2) is 9.78 Å². The van der Waals surface area contributed by atoms with E-state index in [-0.39, 0.29) is 18.8 Å². The van der Waals surface area contributed by atoms with Crippen LogP contribution in [0.5, 0.6) is 0 Å². The molecule has 1 aliphatic heterocycles. The van der Waals surface area contributed by atoms with Crippen LogP contribution in [-0.4, -0.2) is 45.3 Å². The van der Waals surface area contributed by atoms with Crippen molar-refractivity contribution < 1.29 is 19.4 Å². The highest BCUT2D eigenvalue weighted by atomic mass is 35.5. The number of hydrogen-bond acceptors (Lipinski definition) is 5. The smallest absolute Gasteiger partial charge is 0.405 e. The number of epoxide rings is 1. The highest BCUT2D eigenvalue weighted by molar-refractivity contribution is 6.30. The summed E-state index contributed by atoms with van der Waals surface area (Å²) in [4.78, 5) is 15.6. The lowest BCUT2D eigenvalue weighted by molar-refractivity contribution is 0.0947. The molecular weight excluding hydrogens is 396 g/mol. The molecule has 152 valence electrons. The van der Waals surface area contributed by atoms with Gasteiger partial charge >= 0.3 is 6.09 Å². The van der Waals surface area contributed by atoms with E-state index in [2.05, 4.69) is 15.4 Å². The molecule has 2 aromatic heterocycles. The Morgan fingerprint density at radius 1 is 1.41 bits per heavy atom. The Labute approximate surface area is 172 Å². The first-order chi connectivity index (χ1) is 14.1. The van der Waals surface area contributed by atoms with Crippen LogP contribution in [0.4, 0.5) is 4.79 Å². The zero-order valence-corrected chi connectivity index (χ0v) is 16.5. The number of amides is 1. The lowest BCUT2D eigenvalue weighted by Gasteiger charge is -2.17. The predicted molar refractivity (Wildman–Crippen MR) is 107 cm³/mol. The van der Waals surface area contributed by atoms with Gasteiger partial charge in [-0.1, -0.05) is 41.9 Å². The van der Waals surface area contributed by atoms with Crippen LogP contribution < -0.4 is 5.32 Å². The number of rotatable bonds is 8. The Hall–Kier alpha value is -2.68. The van der Waals surface area contributed by atoms with E-state index in [9.17, 15) is 4.79 Å². The Morgan fingerprint density at radius 2 is 2.21 bits per heavy atom. The van der Waals surface area contributed by atoms with Gasteiger partial charge in [-0.3, -0.25) is 4.68 Å². The number of benzene rings is 1. The molecule has 1 saturated heterocycles. The number of aryl methyl sites for hydroxylation is 1. The summed E-state index contributed by atoms with van der Waals surface area (Å²) in [5.74, 6) is 0. The zero-order valence-electron chi connectivity index (χ0n) is 15.8. The maximum absolute atomic E-state index is 11.1. The van der Waals surface area contributed by atoms with Crippen molar-refractivity contribution in [3.05, 3.63) is 59.0 Å². The third-order valence-electron chi connectivity index (χ3n) is 4.83. The SMILES string of the molecule is CCn1ncc2cc(Cl)nc(C3OC3COCC(NC(=O)O)c3ccccc3)c21. The second-order valence-corrected chi connectivity index (χ2v) is 7.16. The third kappa shape index (κ3) is 4.34. The second kappa shape index (κ2) is 8.36. The summed E-state index contributed by atoms with van der Waals surface area (Å²) in [7, 11) is 0. The van der Waals surface area contributed by atoms with Crippen LogP contribution in [-0.2, 0) is 16.0 Å². The van der Waals surface area contributed by atoms with Crippen LogP contribution in [0.25, 0.3) is 10.9 Å². The first-order valence-corrected chi connectivity index (χ1v) is 9.74. The molecule has 8 nitrogen and oxygen atoms in total. The highest BCUT2D eigenvalue weighted by Crippen LogP contribution is 2.41. The van der Waals surface area contributed by atoms with Gasteiger partial charge in [-0.15, -0.1) is 0 Å². The lowest BCUT2D eigenvalue weighted by atomic mass is 10.1. The van der Waals surface area contributed by atoms with Crippen molar-refractivity contribution in [2.45, 2.75) is 31.7 Å². The minimum atomic E-state index is -1.10. The van der Waals surface area contributed by atoms with Gasteiger partial charge < -0.3 is 19.9 Å². The van der Waals surface area contributed by atoms with Crippen molar-refractivity contribution in [2.75, 3.05) is 13.2 Å². The summed E-state index contributed by atoms with van der Waals surface area (Å²) in [5, 5.41) is 17.3. The molecule has 29 heavy (non-hydrogen) atoms. The number of aromatic nitrogens is 3. The minimum Gasteiger partial charge on any atom is -0.465 e. The maximum Gasteiger partial charge on any atom is 0.405 e. The fraction of sp³-hybridized carbons (Fsp3) is 0.350. The standard InChI is InChI=1S/C20H21ClN4O4/c1-2-25-18-13(9-22-25)8-16(21)24-17(18)19-15(29-19)11-28-10-14(23-20(26)27)12-6-4-3-5-7-12/h3-9,14-15,19,23H,2,10-11H2,1H3,(H,26,27). The highest BCUT2D eigenvalue weighted by Gasteiger charge is 2.43. The van der Waals surface area contributed by atoms with E-state index in [0.717, 1.165) is 22.2 Å². The first kappa shape index (κ1) is 19.6. The molecule has 3 unspecified atom stereocenters. The van der Waals surface area contributed by atoms with E-state index in [4.69, 9.17) is 26.2 Å². The van der Waals surface area contributed by atoms with Crippen molar-refractivity contribution in [1.29, 1.82) is 0 Å². The first-order valence-electron chi connectivity index (χ1n) is 9.36. The topological polar surface area (TPSA) is 102 Å². The number of halogens is 1. The second-order valence-electron chi connectivity index (χ2n) is 6.77. The van der Waals surface area contributed by atoms with Crippen LogP contribution in [0.15, 0.2) is 42.6 Å². The molecular formula is C20H21ClN4O4. The van der Waals surface area contributed by atoms with Gasteiger partial charge in [0.05, 0.1) is 36.7 Å². The van der Waals surface area contributed by atoms with Crippen LogP contribution in [0, 0.1) is 0 Å². The van der Waals surface area contributed by atoms with E-state index >= 15 is 0 Å². The fourth-order valence-corrected chi connectivity index (χ4v) is 3.63. The summed E-state index contributed by atoms with van der Waals surface area (Å²) in [6.07, 6.45) is 0.291. The van der Waals surface area contributed by atoms with E-state index in [1.165, 1.54) is 0 Å². The summed E-state index contributed by atoms with van der Waals surface area (Å²) in [6.45, 7) is 3.26. The molecule has 3 heterocycles. The van der Waals surface area contributed by atoms with Crippen LogP contribution in [0.2, 0.25) is 5.15 Å². The lowest BCUT2D eigenvalue weighted by Crippen LogP contribution is -2.30. The van der Waals surface area contributed by atoms with Gasteiger partial charge in [0.25, 0.3) is 0 Å². The van der Waals surface area contributed by atoms with Gasteiger partial charge in [0.2, 0.25) is 0 Å². The molecule has 1 amide bonds. The molecule has 3 aromatic rings. The molecule has 0 radical (unpaired) electrons. The Balaban J connectivity index is 1.41. The third-order valence-corrected chi connectivity index (χ3v) is 5.02. The summed E-state index contributed by atoms with van der Waals surface area (Å²) in [5.41, 5.74) is 2.51. The number of pyridine rings is 1. The average molecular weight is 417 g/mol. The van der Waals surface area contributed by atoms with E-state index < -0.39 is 12.1 Å². The van der Waals surface area contributed by atoms with Gasteiger partial charge in [0, 0.05) is 11.9 Å². The Kier molecular flexibility index (Phi) is 5.66. The van der Waals surface area contributed by atoms with Gasteiger partial charge in [0.15, 0.2) is 0 Å². The number of nitrogens with one attached hydrogen (secondary N) is 1. The number of nitrogens with zero attached hydrogens (tertiary/aromatic N) is 3. The van der Waals surface area contributed by atoms with Gasteiger partial charge in [0.1, 0.15) is 17.4 Å². The van der Waals surface area contributed by atoms with Gasteiger partial charge in [-0.2, -0.15) is 5.10 Å². The molecule has 4 rings (SSSR count). The number of ether oxygens (including phenoxy) is 2. The van der Waals surface area contributed by atoms with E-state index in [1.807, 2.05) is 41.9 Å². The average Bonchev–Trinajstić information content (AvgIpc) is 3.36. The summed E-state index contributed by atoms with van der Waals surface area (Å²) in [6, 6.07) is 10.7. The Morgan fingerprint density at radius 3 is 2.93 bits per heavy atom. The summed E-state index contributed by atoms with van der Waals surface area (Å²) >= 11 is 6.16. The van der Waals surface area contributed by atoms with Crippen molar-refractivity contribution in [3.8, 4) is 0 Å². The maximum atomic E-state index is 11.1. The van der Waals surface area contributed by atoms with Gasteiger partial charge in [-0.05, 0) is 18.6 Å². The number of fused-ring (bicyclic) bond motifs is 1. The fourth-order valence-electron chi connectivity index (χ4n) is 3.42. The molecule has 0 saturated carbocycles. The van der Waals surface area contributed by atoms with Crippen molar-refractivity contribution in [2.24, 2.45) is 0 Å². The number of carbonyl (C=O) groups is 1. The summed E-state index contributed by atoms with van der Waals surface area (Å²) < 4.78 is 13.4. The normalized spacial score (nSPS) is 19.2. The number of carboxylic acid groups (broad SMARTS) is 1. The van der Waals surface area contributed by atoms with Crippen LogP contribution in [0.3, 0.4) is 0 Å². The molecule has 0 aliphatic carbocycles. The van der Waals surface area contributed by atoms with E-state index in [1.54, 1.807) is 12.3 Å². The monoisotopic (exact) mass is 416 g/mol. The molecule has 9 heteroatoms. The molecule has 3 atom stereocenters. The molecule has 0 spiro atoms. The minimum absolute atomic E-state index is 0.161. The number of hydrogen-bond donors (Lipinski definition) is 2. The largest absolute Gasteiger partial charge is 0.465 e. The van der Waals surface area contributed by atoms with Crippen LogP contribution >= 0.6 is 11.6 Å². The van der Waals surface area contributed by atoms with Crippen molar-refractivity contribution in [3.63, 3.8) is 0 Å². The van der Waals surface area contributed by atoms with Crippen molar-refractivity contribution in [1.82, 2.24) is 20.1 Å². The van der Waals surface area contributed by atoms with E-state index in [0.29, 0.717) is 18.3 Å². The molecule has 1 fully saturated rings. The molecule has 2 N–H and O–H groups in total. The van der Waals surface area contributed by atoms with Crippen molar-refractivity contribution >= 4 is 28.6 Å². The Bertz CT molecular complexity index is 1010. The molecule has 0 bridgehead atoms. The predicted octanol–water partition coefficient (Wildman–Crippen LogP) is 3.57. The quantitative estimate of drug-likeness (QED) is 0.430.